The SMILES string of the molecule is CC(=O)N1CCC(n2cc(-c3cnc(N)c4oc(-c5csc6c(F)nccc56)cc34)cn2)CC1. The summed E-state index contributed by atoms with van der Waals surface area (Å²) in [6.45, 7) is 3.08. The third-order valence-corrected chi connectivity index (χ3v) is 7.47. The molecule has 2 N–H and O–H groups in total. The van der Waals surface area contributed by atoms with Crippen molar-refractivity contribution in [2.45, 2.75) is 25.8 Å². The van der Waals surface area contributed by atoms with E-state index in [9.17, 15) is 9.18 Å². The topological polar surface area (TPSA) is 103 Å². The number of nitrogen functional groups attached to an aromatic ring is 1. The van der Waals surface area contributed by atoms with E-state index >= 15 is 0 Å². The molecule has 34 heavy (non-hydrogen) atoms. The highest BCUT2D eigenvalue weighted by atomic mass is 32.1. The number of thiophene rings is 1. The number of nitrogens with zero attached hydrogens (tertiary/aromatic N) is 5. The minimum atomic E-state index is -0.492. The number of anilines is 1. The minimum absolute atomic E-state index is 0.114. The van der Waals surface area contributed by atoms with Gasteiger partial charge in [-0.1, -0.05) is 0 Å². The van der Waals surface area contributed by atoms with Gasteiger partial charge in [-0.3, -0.25) is 9.48 Å². The summed E-state index contributed by atoms with van der Waals surface area (Å²) in [5.74, 6) is 0.509. The first-order chi connectivity index (χ1) is 16.5. The first-order valence-electron chi connectivity index (χ1n) is 11.0. The average molecular weight is 477 g/mol. The van der Waals surface area contributed by atoms with Crippen molar-refractivity contribution >= 4 is 44.1 Å². The Morgan fingerprint density at radius 3 is 2.82 bits per heavy atom. The lowest BCUT2D eigenvalue weighted by molar-refractivity contribution is -0.130. The fourth-order valence-corrected chi connectivity index (χ4v) is 5.58. The van der Waals surface area contributed by atoms with Crippen LogP contribution in [0.15, 0.2) is 46.7 Å². The van der Waals surface area contributed by atoms with Gasteiger partial charge in [0.25, 0.3) is 0 Å². The number of hydrogen-bond acceptors (Lipinski definition) is 7. The van der Waals surface area contributed by atoms with E-state index in [0.29, 0.717) is 21.9 Å². The van der Waals surface area contributed by atoms with E-state index in [4.69, 9.17) is 10.2 Å². The van der Waals surface area contributed by atoms with Gasteiger partial charge in [-0.15, -0.1) is 11.3 Å². The molecule has 6 rings (SSSR count). The molecule has 6 heterocycles. The van der Waals surface area contributed by atoms with Crippen molar-refractivity contribution in [2.75, 3.05) is 18.8 Å². The lowest BCUT2D eigenvalue weighted by atomic mass is 10.0. The van der Waals surface area contributed by atoms with Crippen LogP contribution in [0.1, 0.15) is 25.8 Å². The first kappa shape index (κ1) is 20.8. The van der Waals surface area contributed by atoms with Crippen LogP contribution in [-0.4, -0.2) is 43.6 Å². The number of carbonyl (C=O) groups is 1. The molecule has 1 saturated heterocycles. The molecule has 10 heteroatoms. The van der Waals surface area contributed by atoms with Gasteiger partial charge in [0.05, 0.1) is 16.9 Å². The molecular weight excluding hydrogens is 455 g/mol. The second-order valence-corrected chi connectivity index (χ2v) is 9.36. The largest absolute Gasteiger partial charge is 0.452 e. The molecule has 0 atom stereocenters. The second-order valence-electron chi connectivity index (χ2n) is 8.48. The van der Waals surface area contributed by atoms with Crippen molar-refractivity contribution in [1.82, 2.24) is 24.6 Å². The maximum atomic E-state index is 14.1. The van der Waals surface area contributed by atoms with Crippen molar-refractivity contribution in [3.8, 4) is 22.5 Å². The molecule has 5 aromatic heterocycles. The number of furan rings is 1. The molecule has 1 fully saturated rings. The summed E-state index contributed by atoms with van der Waals surface area (Å²) >= 11 is 1.29. The number of hydrogen-bond donors (Lipinski definition) is 1. The molecule has 0 aliphatic carbocycles. The van der Waals surface area contributed by atoms with Crippen molar-refractivity contribution < 1.29 is 13.6 Å². The Kier molecular flexibility index (Phi) is 4.84. The van der Waals surface area contributed by atoms with Crippen LogP contribution in [-0.2, 0) is 4.79 Å². The highest BCUT2D eigenvalue weighted by Gasteiger charge is 2.24. The van der Waals surface area contributed by atoms with E-state index in [1.54, 1.807) is 19.2 Å². The molecule has 0 aromatic carbocycles. The summed E-state index contributed by atoms with van der Waals surface area (Å²) < 4.78 is 22.7. The van der Waals surface area contributed by atoms with Gasteiger partial charge in [-0.25, -0.2) is 9.97 Å². The van der Waals surface area contributed by atoms with Crippen LogP contribution >= 0.6 is 11.3 Å². The van der Waals surface area contributed by atoms with Gasteiger partial charge in [0.2, 0.25) is 11.9 Å². The van der Waals surface area contributed by atoms with E-state index in [0.717, 1.165) is 53.4 Å². The van der Waals surface area contributed by atoms with Crippen LogP contribution in [0.4, 0.5) is 10.2 Å². The second kappa shape index (κ2) is 7.91. The fraction of sp³-hybridized carbons (Fsp3) is 0.250. The number of piperidine rings is 1. The van der Waals surface area contributed by atoms with Crippen LogP contribution in [0.2, 0.25) is 0 Å². The van der Waals surface area contributed by atoms with E-state index in [1.807, 2.05) is 33.4 Å². The van der Waals surface area contributed by atoms with Gasteiger partial charge in [0.1, 0.15) is 5.76 Å². The minimum Gasteiger partial charge on any atom is -0.452 e. The standard InChI is InChI=1S/C24H21FN6O2S/c1-13(32)30-6-3-15(4-7-30)31-11-14(9-29-31)18-10-28-24(26)21-17(18)8-20(33-21)19-12-34-22-16(19)2-5-27-23(22)25/h2,5,8-12,15H,3-4,6-7H2,1H3,(H2,26,28). The Balaban J connectivity index is 1.38. The van der Waals surface area contributed by atoms with Crippen molar-refractivity contribution in [2.24, 2.45) is 0 Å². The van der Waals surface area contributed by atoms with Gasteiger partial charge in [-0.2, -0.15) is 9.49 Å². The van der Waals surface area contributed by atoms with Gasteiger partial charge in [0.15, 0.2) is 11.4 Å². The number of nitrogens with two attached hydrogens (primary N) is 1. The molecule has 0 spiro atoms. The summed E-state index contributed by atoms with van der Waals surface area (Å²) in [5.41, 5.74) is 9.19. The summed E-state index contributed by atoms with van der Waals surface area (Å²) in [7, 11) is 0. The first-order valence-corrected chi connectivity index (χ1v) is 11.9. The average Bonchev–Trinajstić information content (AvgIpc) is 3.58. The Morgan fingerprint density at radius 1 is 1.21 bits per heavy atom. The summed E-state index contributed by atoms with van der Waals surface area (Å²) in [5, 5.41) is 8.03. The van der Waals surface area contributed by atoms with Gasteiger partial charge in [0, 0.05) is 71.4 Å². The monoisotopic (exact) mass is 476 g/mol. The Bertz CT molecular complexity index is 1550. The van der Waals surface area contributed by atoms with Crippen LogP contribution in [0, 0.1) is 5.95 Å². The predicted octanol–water partition coefficient (Wildman–Crippen LogP) is 4.87. The summed E-state index contributed by atoms with van der Waals surface area (Å²) in [6, 6.07) is 3.94. The quantitative estimate of drug-likeness (QED) is 0.373. The molecule has 1 aliphatic rings. The van der Waals surface area contributed by atoms with Crippen LogP contribution in [0.25, 0.3) is 43.5 Å². The maximum absolute atomic E-state index is 14.1. The predicted molar refractivity (Wildman–Crippen MR) is 129 cm³/mol. The molecule has 8 nitrogen and oxygen atoms in total. The number of carbonyl (C=O) groups excluding carboxylic acids is 1. The fourth-order valence-electron chi connectivity index (χ4n) is 4.65. The van der Waals surface area contributed by atoms with E-state index < -0.39 is 5.95 Å². The van der Waals surface area contributed by atoms with Crippen LogP contribution in [0.5, 0.6) is 0 Å². The molecule has 0 radical (unpaired) electrons. The third-order valence-electron chi connectivity index (χ3n) is 6.50. The van der Waals surface area contributed by atoms with Gasteiger partial charge in [-0.05, 0) is 25.0 Å². The molecule has 1 aliphatic heterocycles. The lowest BCUT2D eigenvalue weighted by Crippen LogP contribution is -2.37. The van der Waals surface area contributed by atoms with Crippen molar-refractivity contribution in [1.29, 1.82) is 0 Å². The molecule has 172 valence electrons. The number of pyridine rings is 2. The maximum Gasteiger partial charge on any atom is 0.230 e. The normalized spacial score (nSPS) is 14.9. The molecule has 5 aromatic rings. The molecule has 0 bridgehead atoms. The third kappa shape index (κ3) is 3.33. The number of halogens is 1. The Morgan fingerprint density at radius 2 is 2.03 bits per heavy atom. The van der Waals surface area contributed by atoms with Crippen LogP contribution < -0.4 is 5.73 Å². The number of aromatic nitrogens is 4. The Labute approximate surface area is 197 Å². The zero-order valence-corrected chi connectivity index (χ0v) is 19.2. The zero-order chi connectivity index (χ0) is 23.4. The smallest absolute Gasteiger partial charge is 0.230 e. The number of amides is 1. The highest BCUT2D eigenvalue weighted by molar-refractivity contribution is 7.17. The van der Waals surface area contributed by atoms with Gasteiger partial charge >= 0.3 is 0 Å². The lowest BCUT2D eigenvalue weighted by Gasteiger charge is -2.31. The molecular formula is C24H21FN6O2S. The van der Waals surface area contributed by atoms with E-state index in [-0.39, 0.29) is 11.9 Å². The van der Waals surface area contributed by atoms with Crippen LogP contribution in [0.3, 0.4) is 0 Å². The molecule has 0 saturated carbocycles. The highest BCUT2D eigenvalue weighted by Crippen LogP contribution is 2.41. The number of rotatable bonds is 3. The molecule has 1 amide bonds. The van der Waals surface area contributed by atoms with E-state index in [2.05, 4.69) is 15.1 Å². The van der Waals surface area contributed by atoms with Crippen molar-refractivity contribution in [3.05, 3.63) is 48.2 Å². The zero-order valence-electron chi connectivity index (χ0n) is 18.4. The van der Waals surface area contributed by atoms with Gasteiger partial charge < -0.3 is 15.1 Å². The number of fused-ring (bicyclic) bond motifs is 2. The summed E-state index contributed by atoms with van der Waals surface area (Å²) in [4.78, 5) is 21.6. The summed E-state index contributed by atoms with van der Waals surface area (Å²) in [6.07, 6.45) is 8.73. The number of likely N-dealkylation sites (tertiary alicyclic amines) is 1. The Hall–Kier alpha value is -3.79. The van der Waals surface area contributed by atoms with E-state index in [1.165, 1.54) is 17.5 Å². The van der Waals surface area contributed by atoms with Crippen molar-refractivity contribution in [3.63, 3.8) is 0 Å². The molecule has 0 unspecified atom stereocenters.